The number of aliphatic carboxylic acids is 1. The number of carbonyl (C=O) groups excluding carboxylic acids is 2. The highest BCUT2D eigenvalue weighted by atomic mass is 16.4. The van der Waals surface area contributed by atoms with Crippen LogP contribution in [0.15, 0.2) is 24.5 Å². The van der Waals surface area contributed by atoms with Crippen LogP contribution in [0.1, 0.15) is 31.4 Å². The molecule has 8 nitrogen and oxygen atoms in total. The predicted molar refractivity (Wildman–Crippen MR) is 74.2 cm³/mol. The van der Waals surface area contributed by atoms with Crippen LogP contribution < -0.4 is 16.4 Å². The quantitative estimate of drug-likeness (QED) is 0.568. The lowest BCUT2D eigenvalue weighted by Gasteiger charge is -2.18. The minimum atomic E-state index is -1.22. The van der Waals surface area contributed by atoms with E-state index in [-0.39, 0.29) is 18.9 Å². The zero-order valence-corrected chi connectivity index (χ0v) is 11.6. The number of urea groups is 1. The minimum absolute atomic E-state index is 0.0562. The fraction of sp³-hybridized carbons (Fsp3) is 0.385. The Labute approximate surface area is 121 Å². The first-order valence-electron chi connectivity index (χ1n) is 6.38. The van der Waals surface area contributed by atoms with Gasteiger partial charge in [0.2, 0.25) is 5.91 Å². The van der Waals surface area contributed by atoms with Crippen molar-refractivity contribution in [2.24, 2.45) is 5.73 Å². The van der Waals surface area contributed by atoms with Crippen LogP contribution in [0.4, 0.5) is 4.79 Å². The Kier molecular flexibility index (Phi) is 6.12. The van der Waals surface area contributed by atoms with Gasteiger partial charge < -0.3 is 21.5 Å². The molecule has 3 amide bonds. The van der Waals surface area contributed by atoms with Crippen molar-refractivity contribution in [2.75, 3.05) is 0 Å². The van der Waals surface area contributed by atoms with E-state index in [4.69, 9.17) is 10.8 Å². The Hall–Kier alpha value is -2.64. The first-order chi connectivity index (χ1) is 9.90. The van der Waals surface area contributed by atoms with E-state index in [1.165, 1.54) is 0 Å². The van der Waals surface area contributed by atoms with Crippen LogP contribution >= 0.6 is 0 Å². The van der Waals surface area contributed by atoms with E-state index in [0.29, 0.717) is 0 Å². The number of hydrogen-bond donors (Lipinski definition) is 4. The SMILES string of the molecule is CC(NC(=O)N[C@H](CCC(N)=O)C(=O)O)c1cccnc1. The van der Waals surface area contributed by atoms with Crippen molar-refractivity contribution in [1.29, 1.82) is 0 Å². The molecule has 0 aliphatic rings. The first-order valence-corrected chi connectivity index (χ1v) is 6.38. The summed E-state index contributed by atoms with van der Waals surface area (Å²) in [5.41, 5.74) is 5.75. The second-order valence-corrected chi connectivity index (χ2v) is 4.52. The van der Waals surface area contributed by atoms with Gasteiger partial charge in [0.15, 0.2) is 0 Å². The lowest BCUT2D eigenvalue weighted by Crippen LogP contribution is -2.46. The molecular weight excluding hydrogens is 276 g/mol. The molecule has 0 bridgehead atoms. The molecule has 5 N–H and O–H groups in total. The second kappa shape index (κ2) is 7.83. The fourth-order valence-electron chi connectivity index (χ4n) is 1.66. The minimum Gasteiger partial charge on any atom is -0.480 e. The van der Waals surface area contributed by atoms with Gasteiger partial charge in [-0.05, 0) is 25.0 Å². The molecule has 0 saturated carbocycles. The molecule has 0 radical (unpaired) electrons. The summed E-state index contributed by atoms with van der Waals surface area (Å²) in [6, 6.07) is 1.39. The van der Waals surface area contributed by atoms with Gasteiger partial charge in [-0.3, -0.25) is 9.78 Å². The Morgan fingerprint density at radius 2 is 2.10 bits per heavy atom. The Balaban J connectivity index is 2.54. The molecule has 0 fully saturated rings. The van der Waals surface area contributed by atoms with Crippen molar-refractivity contribution in [3.8, 4) is 0 Å². The van der Waals surface area contributed by atoms with Gasteiger partial charge in [-0.15, -0.1) is 0 Å². The van der Waals surface area contributed by atoms with Crippen molar-refractivity contribution in [3.05, 3.63) is 30.1 Å². The number of carbonyl (C=O) groups is 3. The van der Waals surface area contributed by atoms with Crippen LogP contribution in [0.2, 0.25) is 0 Å². The summed E-state index contributed by atoms with van der Waals surface area (Å²) in [6.45, 7) is 1.75. The third kappa shape index (κ3) is 5.89. The van der Waals surface area contributed by atoms with Gasteiger partial charge in [-0.2, -0.15) is 0 Å². The average Bonchev–Trinajstić information content (AvgIpc) is 2.43. The maximum absolute atomic E-state index is 11.8. The van der Waals surface area contributed by atoms with Crippen molar-refractivity contribution in [3.63, 3.8) is 0 Å². The highest BCUT2D eigenvalue weighted by molar-refractivity contribution is 5.83. The van der Waals surface area contributed by atoms with Crippen LogP contribution in [0.25, 0.3) is 0 Å². The zero-order chi connectivity index (χ0) is 15.8. The summed E-state index contributed by atoms with van der Waals surface area (Å²) in [5.74, 6) is -1.84. The van der Waals surface area contributed by atoms with E-state index in [1.807, 2.05) is 0 Å². The molecule has 21 heavy (non-hydrogen) atoms. The molecule has 1 aromatic rings. The molecule has 0 saturated heterocycles. The average molecular weight is 294 g/mol. The molecule has 1 heterocycles. The van der Waals surface area contributed by atoms with E-state index in [0.717, 1.165) is 5.56 Å². The lowest BCUT2D eigenvalue weighted by atomic mass is 10.1. The number of nitrogens with one attached hydrogen (secondary N) is 2. The zero-order valence-electron chi connectivity index (χ0n) is 11.6. The molecular formula is C13H18N4O4. The van der Waals surface area contributed by atoms with E-state index in [9.17, 15) is 14.4 Å². The van der Waals surface area contributed by atoms with Gasteiger partial charge in [0.05, 0.1) is 6.04 Å². The number of rotatable bonds is 7. The number of nitrogens with two attached hydrogens (primary N) is 1. The monoisotopic (exact) mass is 294 g/mol. The standard InChI is InChI=1S/C13H18N4O4/c1-8(9-3-2-6-15-7-9)16-13(21)17-10(12(19)20)4-5-11(14)18/h2-3,6-8,10H,4-5H2,1H3,(H2,14,18)(H,19,20)(H2,16,17,21)/t8?,10-/m1/s1. The molecule has 0 aliphatic heterocycles. The topological polar surface area (TPSA) is 134 Å². The lowest BCUT2D eigenvalue weighted by molar-refractivity contribution is -0.139. The summed E-state index contributed by atoms with van der Waals surface area (Å²) >= 11 is 0. The number of carboxylic acid groups (broad SMARTS) is 1. The maximum atomic E-state index is 11.8. The molecule has 8 heteroatoms. The number of carboxylic acids is 1. The van der Waals surface area contributed by atoms with Crippen LogP contribution in [0.3, 0.4) is 0 Å². The van der Waals surface area contributed by atoms with Gasteiger partial charge in [0.1, 0.15) is 6.04 Å². The van der Waals surface area contributed by atoms with E-state index < -0.39 is 23.9 Å². The first kappa shape index (κ1) is 16.4. The normalized spacial score (nSPS) is 13.0. The van der Waals surface area contributed by atoms with Crippen LogP contribution in [0.5, 0.6) is 0 Å². The Bertz CT molecular complexity index is 506. The molecule has 0 spiro atoms. The molecule has 0 aromatic carbocycles. The Morgan fingerprint density at radius 1 is 1.38 bits per heavy atom. The number of amides is 3. The van der Waals surface area contributed by atoms with Crippen molar-refractivity contribution in [1.82, 2.24) is 15.6 Å². The van der Waals surface area contributed by atoms with E-state index in [2.05, 4.69) is 15.6 Å². The van der Waals surface area contributed by atoms with Gasteiger partial charge in [-0.25, -0.2) is 9.59 Å². The summed E-state index contributed by atoms with van der Waals surface area (Å²) in [4.78, 5) is 37.4. The van der Waals surface area contributed by atoms with Gasteiger partial charge >= 0.3 is 12.0 Å². The van der Waals surface area contributed by atoms with E-state index in [1.54, 1.807) is 31.5 Å². The largest absolute Gasteiger partial charge is 0.480 e. The molecule has 1 unspecified atom stereocenters. The third-order valence-electron chi connectivity index (χ3n) is 2.81. The molecule has 1 rings (SSSR count). The number of hydrogen-bond acceptors (Lipinski definition) is 4. The number of aromatic nitrogens is 1. The van der Waals surface area contributed by atoms with Crippen LogP contribution in [-0.2, 0) is 9.59 Å². The van der Waals surface area contributed by atoms with Crippen LogP contribution in [-0.4, -0.2) is 34.0 Å². The molecule has 2 atom stereocenters. The maximum Gasteiger partial charge on any atom is 0.326 e. The molecule has 0 aliphatic carbocycles. The highest BCUT2D eigenvalue weighted by Crippen LogP contribution is 2.09. The summed E-state index contributed by atoms with van der Waals surface area (Å²) in [6.07, 6.45) is 3.04. The summed E-state index contributed by atoms with van der Waals surface area (Å²) in [5, 5.41) is 13.9. The fourth-order valence-corrected chi connectivity index (χ4v) is 1.66. The second-order valence-electron chi connectivity index (χ2n) is 4.52. The highest BCUT2D eigenvalue weighted by Gasteiger charge is 2.21. The number of nitrogens with zero attached hydrogens (tertiary/aromatic N) is 1. The van der Waals surface area contributed by atoms with Gasteiger partial charge in [-0.1, -0.05) is 6.07 Å². The summed E-state index contributed by atoms with van der Waals surface area (Å²) < 4.78 is 0. The third-order valence-corrected chi connectivity index (χ3v) is 2.81. The Morgan fingerprint density at radius 3 is 2.62 bits per heavy atom. The van der Waals surface area contributed by atoms with Crippen molar-refractivity contribution >= 4 is 17.9 Å². The van der Waals surface area contributed by atoms with E-state index >= 15 is 0 Å². The van der Waals surface area contributed by atoms with Crippen LogP contribution in [0, 0.1) is 0 Å². The van der Waals surface area contributed by atoms with Crippen molar-refractivity contribution in [2.45, 2.75) is 31.8 Å². The molecule has 114 valence electrons. The molecule has 1 aromatic heterocycles. The predicted octanol–water partition coefficient (Wildman–Crippen LogP) is 0.161. The van der Waals surface area contributed by atoms with Gasteiger partial charge in [0.25, 0.3) is 0 Å². The number of pyridine rings is 1. The number of primary amides is 1. The smallest absolute Gasteiger partial charge is 0.326 e. The van der Waals surface area contributed by atoms with Crippen molar-refractivity contribution < 1.29 is 19.5 Å². The van der Waals surface area contributed by atoms with Gasteiger partial charge in [0, 0.05) is 18.8 Å². The summed E-state index contributed by atoms with van der Waals surface area (Å²) in [7, 11) is 0.